The van der Waals surface area contributed by atoms with Crippen molar-refractivity contribution in [2.75, 3.05) is 49.2 Å². The molecule has 2 aliphatic rings. The summed E-state index contributed by atoms with van der Waals surface area (Å²) < 4.78 is 0. The Bertz CT molecular complexity index is 962. The van der Waals surface area contributed by atoms with Crippen LogP contribution < -0.4 is 21.3 Å². The van der Waals surface area contributed by atoms with Gasteiger partial charge in [0.1, 0.15) is 0 Å². The number of piperazine rings is 1. The zero-order valence-electron chi connectivity index (χ0n) is 17.6. The summed E-state index contributed by atoms with van der Waals surface area (Å²) in [6, 6.07) is 11.2. The topological polar surface area (TPSA) is 90.7 Å². The maximum absolute atomic E-state index is 13.0. The van der Waals surface area contributed by atoms with E-state index in [0.29, 0.717) is 22.5 Å². The van der Waals surface area contributed by atoms with E-state index >= 15 is 0 Å². The van der Waals surface area contributed by atoms with Gasteiger partial charge >= 0.3 is 0 Å². The van der Waals surface area contributed by atoms with Crippen molar-refractivity contribution in [1.82, 2.24) is 10.2 Å². The van der Waals surface area contributed by atoms with Gasteiger partial charge in [-0.25, -0.2) is 0 Å². The molecule has 2 fully saturated rings. The van der Waals surface area contributed by atoms with Gasteiger partial charge in [0.05, 0.1) is 16.9 Å². The largest absolute Gasteiger partial charge is 0.396 e. The molecule has 4 rings (SSSR count). The molecule has 1 aliphatic heterocycles. The van der Waals surface area contributed by atoms with E-state index in [-0.39, 0.29) is 17.9 Å². The summed E-state index contributed by atoms with van der Waals surface area (Å²) in [4.78, 5) is 29.9. The number of nitrogens with two attached hydrogens (primary N) is 1. The van der Waals surface area contributed by atoms with Gasteiger partial charge in [-0.3, -0.25) is 9.59 Å². The van der Waals surface area contributed by atoms with Gasteiger partial charge in [0, 0.05) is 43.5 Å². The number of anilines is 3. The summed E-state index contributed by atoms with van der Waals surface area (Å²) in [6.07, 6.45) is 2.06. The van der Waals surface area contributed by atoms with Crippen LogP contribution in [-0.4, -0.2) is 56.0 Å². The monoisotopic (exact) mass is 407 g/mol. The molecule has 30 heavy (non-hydrogen) atoms. The highest BCUT2D eigenvalue weighted by atomic mass is 16.2. The van der Waals surface area contributed by atoms with Crippen molar-refractivity contribution in [2.45, 2.75) is 25.8 Å². The number of rotatable bonds is 5. The molecule has 0 spiro atoms. The van der Waals surface area contributed by atoms with Crippen molar-refractivity contribution in [3.63, 3.8) is 0 Å². The molecule has 0 bridgehead atoms. The van der Waals surface area contributed by atoms with Crippen LogP contribution in [0.5, 0.6) is 0 Å². The summed E-state index contributed by atoms with van der Waals surface area (Å²) in [6.45, 7) is 5.59. The van der Waals surface area contributed by atoms with Gasteiger partial charge < -0.3 is 26.2 Å². The third-order valence-corrected chi connectivity index (χ3v) is 5.83. The standard InChI is InChI=1S/C23H29N5O2/c1-15-6-7-16(22(29)25-17-8-9-17)14-19(15)26-23(30)18-4-3-5-20(21(18)24)28-12-10-27(2)11-13-28/h3-7,14,17H,8-13,24H2,1-2H3,(H,25,29)(H,26,30). The first kappa shape index (κ1) is 20.2. The van der Waals surface area contributed by atoms with Gasteiger partial charge in [-0.1, -0.05) is 12.1 Å². The van der Waals surface area contributed by atoms with Crippen LogP contribution in [-0.2, 0) is 0 Å². The average molecular weight is 408 g/mol. The van der Waals surface area contributed by atoms with E-state index < -0.39 is 0 Å². The SMILES string of the molecule is Cc1ccc(C(=O)NC2CC2)cc1NC(=O)c1cccc(N2CCN(C)CC2)c1N. The number of carbonyl (C=O) groups excluding carboxylic acids is 2. The Labute approximate surface area is 177 Å². The van der Waals surface area contributed by atoms with Crippen molar-refractivity contribution in [3.8, 4) is 0 Å². The van der Waals surface area contributed by atoms with E-state index in [1.807, 2.05) is 25.1 Å². The second kappa shape index (κ2) is 8.36. The second-order valence-corrected chi connectivity index (χ2v) is 8.26. The number of hydrogen-bond acceptors (Lipinski definition) is 5. The predicted octanol–water partition coefficient (Wildman–Crippen LogP) is 2.47. The minimum absolute atomic E-state index is 0.107. The smallest absolute Gasteiger partial charge is 0.257 e. The number of benzene rings is 2. The molecule has 0 radical (unpaired) electrons. The minimum atomic E-state index is -0.272. The average Bonchev–Trinajstić information content (AvgIpc) is 3.54. The van der Waals surface area contributed by atoms with E-state index in [9.17, 15) is 9.59 Å². The maximum atomic E-state index is 13.0. The molecule has 1 heterocycles. The molecule has 2 aromatic carbocycles. The molecule has 0 aromatic heterocycles. The first-order chi connectivity index (χ1) is 14.4. The highest BCUT2D eigenvalue weighted by Crippen LogP contribution is 2.29. The fourth-order valence-corrected chi connectivity index (χ4v) is 3.66. The van der Waals surface area contributed by atoms with E-state index in [1.165, 1.54) is 0 Å². The van der Waals surface area contributed by atoms with Crippen LogP contribution in [0, 0.1) is 6.92 Å². The molecule has 2 amide bonds. The van der Waals surface area contributed by atoms with Crippen molar-refractivity contribution >= 4 is 28.9 Å². The third-order valence-electron chi connectivity index (χ3n) is 5.83. The maximum Gasteiger partial charge on any atom is 0.257 e. The lowest BCUT2D eigenvalue weighted by Crippen LogP contribution is -2.44. The number of likely N-dealkylation sites (N-methyl/N-ethyl adjacent to an activating group) is 1. The van der Waals surface area contributed by atoms with Crippen LogP contribution in [0.4, 0.5) is 17.1 Å². The number of carbonyl (C=O) groups is 2. The molecular weight excluding hydrogens is 378 g/mol. The number of nitrogens with one attached hydrogen (secondary N) is 2. The summed E-state index contributed by atoms with van der Waals surface area (Å²) >= 11 is 0. The van der Waals surface area contributed by atoms with Crippen molar-refractivity contribution in [1.29, 1.82) is 0 Å². The Balaban J connectivity index is 1.52. The fourth-order valence-electron chi connectivity index (χ4n) is 3.66. The number of amides is 2. The molecule has 7 heteroatoms. The van der Waals surface area contributed by atoms with Crippen LogP contribution >= 0.6 is 0 Å². The van der Waals surface area contributed by atoms with E-state index in [4.69, 9.17) is 5.73 Å². The molecule has 4 N–H and O–H groups in total. The van der Waals surface area contributed by atoms with E-state index in [2.05, 4.69) is 27.5 Å². The highest BCUT2D eigenvalue weighted by Gasteiger charge is 2.24. The van der Waals surface area contributed by atoms with Gasteiger partial charge in [0.25, 0.3) is 11.8 Å². The number of hydrogen-bond donors (Lipinski definition) is 3. The van der Waals surface area contributed by atoms with Crippen LogP contribution in [0.25, 0.3) is 0 Å². The Hall–Kier alpha value is -3.06. The Morgan fingerprint density at radius 2 is 1.77 bits per heavy atom. The molecular formula is C23H29N5O2. The lowest BCUT2D eigenvalue weighted by atomic mass is 10.1. The van der Waals surface area contributed by atoms with Crippen molar-refractivity contribution in [2.24, 2.45) is 0 Å². The minimum Gasteiger partial charge on any atom is -0.396 e. The predicted molar refractivity (Wildman–Crippen MR) is 120 cm³/mol. The molecule has 158 valence electrons. The summed E-state index contributed by atoms with van der Waals surface area (Å²) in [5, 5.41) is 5.92. The van der Waals surface area contributed by atoms with Gasteiger partial charge in [0.2, 0.25) is 0 Å². The van der Waals surface area contributed by atoms with Gasteiger partial charge in [-0.2, -0.15) is 0 Å². The molecule has 1 aliphatic carbocycles. The molecule has 1 saturated heterocycles. The van der Waals surface area contributed by atoms with Crippen molar-refractivity contribution < 1.29 is 9.59 Å². The number of para-hydroxylation sites is 1. The number of nitrogen functional groups attached to an aromatic ring is 1. The Morgan fingerprint density at radius 3 is 2.47 bits per heavy atom. The first-order valence-electron chi connectivity index (χ1n) is 10.5. The van der Waals surface area contributed by atoms with Crippen LogP contribution in [0.3, 0.4) is 0 Å². The van der Waals surface area contributed by atoms with Crippen LogP contribution in [0.1, 0.15) is 39.1 Å². The molecule has 2 aromatic rings. The second-order valence-electron chi connectivity index (χ2n) is 8.26. The van der Waals surface area contributed by atoms with Crippen molar-refractivity contribution in [3.05, 3.63) is 53.1 Å². The highest BCUT2D eigenvalue weighted by molar-refractivity contribution is 6.10. The first-order valence-corrected chi connectivity index (χ1v) is 10.5. The summed E-state index contributed by atoms with van der Waals surface area (Å²) in [5.74, 6) is -0.379. The van der Waals surface area contributed by atoms with Crippen LogP contribution in [0.2, 0.25) is 0 Å². The Morgan fingerprint density at radius 1 is 1.03 bits per heavy atom. The van der Waals surface area contributed by atoms with Gasteiger partial charge in [0.15, 0.2) is 0 Å². The molecule has 0 unspecified atom stereocenters. The lowest BCUT2D eigenvalue weighted by molar-refractivity contribution is 0.0949. The normalized spacial score (nSPS) is 16.9. The Kier molecular flexibility index (Phi) is 5.63. The van der Waals surface area contributed by atoms with Crippen LogP contribution in [0.15, 0.2) is 36.4 Å². The van der Waals surface area contributed by atoms with Gasteiger partial charge in [-0.15, -0.1) is 0 Å². The van der Waals surface area contributed by atoms with Gasteiger partial charge in [-0.05, 0) is 56.6 Å². The zero-order chi connectivity index (χ0) is 21.3. The molecule has 0 atom stereocenters. The fraction of sp³-hybridized carbons (Fsp3) is 0.391. The quantitative estimate of drug-likeness (QED) is 0.663. The summed E-state index contributed by atoms with van der Waals surface area (Å²) in [5.41, 5.74) is 10.3. The third kappa shape index (κ3) is 4.41. The number of aryl methyl sites for hydroxylation is 1. The number of nitrogens with zero attached hydrogens (tertiary/aromatic N) is 2. The van der Waals surface area contributed by atoms with E-state index in [0.717, 1.165) is 50.3 Å². The molecule has 7 nitrogen and oxygen atoms in total. The summed E-state index contributed by atoms with van der Waals surface area (Å²) in [7, 11) is 2.10. The van der Waals surface area contributed by atoms with E-state index in [1.54, 1.807) is 18.2 Å². The zero-order valence-corrected chi connectivity index (χ0v) is 17.6. The lowest BCUT2D eigenvalue weighted by Gasteiger charge is -2.35. The molecule has 1 saturated carbocycles.